The molecule has 116 valence electrons. The van der Waals surface area contributed by atoms with Crippen LogP contribution in [0.3, 0.4) is 0 Å². The number of halogens is 1. The number of rotatable bonds is 3. The minimum absolute atomic E-state index is 0.00251. The third-order valence-corrected chi connectivity index (χ3v) is 3.67. The van der Waals surface area contributed by atoms with E-state index in [4.69, 9.17) is 10.5 Å². The summed E-state index contributed by atoms with van der Waals surface area (Å²) in [5, 5.41) is 6.14. The molecule has 2 aliphatic rings. The SMILES string of the molecule is CC(C)O[C@H]1CCN(C(=O)C2CNCC(N)N2)C[C@H]1F. The van der Waals surface area contributed by atoms with E-state index in [0.29, 0.717) is 26.1 Å². The molecule has 2 unspecified atom stereocenters. The van der Waals surface area contributed by atoms with Crippen LogP contribution in [-0.4, -0.2) is 67.6 Å². The number of hydrogen-bond acceptors (Lipinski definition) is 5. The molecule has 0 aliphatic carbocycles. The van der Waals surface area contributed by atoms with Crippen molar-refractivity contribution in [3.05, 3.63) is 0 Å². The fraction of sp³-hybridized carbons (Fsp3) is 0.923. The van der Waals surface area contributed by atoms with Crippen LogP contribution in [0, 0.1) is 0 Å². The predicted octanol–water partition coefficient (Wildman–Crippen LogP) is -0.803. The second kappa shape index (κ2) is 6.80. The van der Waals surface area contributed by atoms with Crippen molar-refractivity contribution < 1.29 is 13.9 Å². The molecule has 2 fully saturated rings. The van der Waals surface area contributed by atoms with Crippen LogP contribution in [0.1, 0.15) is 20.3 Å². The first kappa shape index (κ1) is 15.6. The molecule has 2 heterocycles. The van der Waals surface area contributed by atoms with Crippen LogP contribution in [-0.2, 0) is 9.53 Å². The number of carbonyl (C=O) groups is 1. The summed E-state index contributed by atoms with van der Waals surface area (Å²) in [6.07, 6.45) is -1.22. The summed E-state index contributed by atoms with van der Waals surface area (Å²) in [4.78, 5) is 13.9. The molecule has 0 spiro atoms. The number of nitrogens with one attached hydrogen (secondary N) is 2. The van der Waals surface area contributed by atoms with Gasteiger partial charge in [-0.25, -0.2) is 4.39 Å². The zero-order valence-corrected chi connectivity index (χ0v) is 12.1. The Bertz CT molecular complexity index is 342. The number of nitrogens with zero attached hydrogens (tertiary/aromatic N) is 1. The molecule has 0 saturated carbocycles. The minimum atomic E-state index is -1.12. The van der Waals surface area contributed by atoms with Gasteiger partial charge in [0.15, 0.2) is 0 Å². The lowest BCUT2D eigenvalue weighted by molar-refractivity contribution is -0.141. The first-order chi connectivity index (χ1) is 9.47. The summed E-state index contributed by atoms with van der Waals surface area (Å²) in [5.41, 5.74) is 5.76. The van der Waals surface area contributed by atoms with Crippen molar-refractivity contribution in [3.8, 4) is 0 Å². The van der Waals surface area contributed by atoms with Crippen LogP contribution in [0.15, 0.2) is 0 Å². The van der Waals surface area contributed by atoms with Gasteiger partial charge in [-0.3, -0.25) is 10.1 Å². The van der Waals surface area contributed by atoms with Gasteiger partial charge in [-0.1, -0.05) is 0 Å². The standard InChI is InChI=1S/C13H25FN4O2/c1-8(2)20-11-3-4-18(7-9(11)14)13(19)10-5-16-6-12(15)17-10/h8-12,16-17H,3-7,15H2,1-2H3/t9-,10?,11+,12?/m1/s1. The Morgan fingerprint density at radius 2 is 2.20 bits per heavy atom. The molecule has 6 nitrogen and oxygen atoms in total. The van der Waals surface area contributed by atoms with Gasteiger partial charge in [0.1, 0.15) is 12.2 Å². The largest absolute Gasteiger partial charge is 0.372 e. The van der Waals surface area contributed by atoms with Crippen LogP contribution in [0.5, 0.6) is 0 Å². The Hall–Kier alpha value is -0.760. The summed E-state index contributed by atoms with van der Waals surface area (Å²) >= 11 is 0. The highest BCUT2D eigenvalue weighted by Crippen LogP contribution is 2.19. The Morgan fingerprint density at radius 3 is 2.80 bits per heavy atom. The van der Waals surface area contributed by atoms with Gasteiger partial charge in [-0.2, -0.15) is 0 Å². The molecule has 2 saturated heterocycles. The van der Waals surface area contributed by atoms with E-state index >= 15 is 0 Å². The molecule has 0 aromatic rings. The normalized spacial score (nSPS) is 35.4. The van der Waals surface area contributed by atoms with Crippen LogP contribution in [0.2, 0.25) is 0 Å². The fourth-order valence-corrected chi connectivity index (χ4v) is 2.72. The van der Waals surface area contributed by atoms with E-state index in [2.05, 4.69) is 10.6 Å². The van der Waals surface area contributed by atoms with E-state index < -0.39 is 12.3 Å². The molecule has 20 heavy (non-hydrogen) atoms. The quantitative estimate of drug-likeness (QED) is 0.633. The van der Waals surface area contributed by atoms with Gasteiger partial charge in [0.05, 0.1) is 24.9 Å². The van der Waals surface area contributed by atoms with Crippen LogP contribution in [0.25, 0.3) is 0 Å². The zero-order valence-electron chi connectivity index (χ0n) is 12.1. The van der Waals surface area contributed by atoms with Gasteiger partial charge in [-0.15, -0.1) is 0 Å². The van der Waals surface area contributed by atoms with Gasteiger partial charge in [0.25, 0.3) is 0 Å². The first-order valence-electron chi connectivity index (χ1n) is 7.28. The first-order valence-corrected chi connectivity index (χ1v) is 7.28. The number of piperidine rings is 1. The third-order valence-electron chi connectivity index (χ3n) is 3.67. The highest BCUT2D eigenvalue weighted by atomic mass is 19.1. The van der Waals surface area contributed by atoms with E-state index in [9.17, 15) is 9.18 Å². The highest BCUT2D eigenvalue weighted by molar-refractivity contribution is 5.82. The lowest BCUT2D eigenvalue weighted by Crippen LogP contribution is -2.64. The number of carbonyl (C=O) groups excluding carboxylic acids is 1. The lowest BCUT2D eigenvalue weighted by Gasteiger charge is -2.38. The summed E-state index contributed by atoms with van der Waals surface area (Å²) < 4.78 is 19.6. The summed E-state index contributed by atoms with van der Waals surface area (Å²) in [6.45, 7) is 5.59. The maximum absolute atomic E-state index is 14.1. The van der Waals surface area contributed by atoms with Crippen LogP contribution in [0.4, 0.5) is 4.39 Å². The number of piperazine rings is 1. The summed E-state index contributed by atoms with van der Waals surface area (Å²) in [5.74, 6) is -0.0849. The number of likely N-dealkylation sites (tertiary alicyclic amines) is 1. The lowest BCUT2D eigenvalue weighted by atomic mass is 10.0. The van der Waals surface area contributed by atoms with Crippen molar-refractivity contribution >= 4 is 5.91 Å². The molecule has 0 radical (unpaired) electrons. The van der Waals surface area contributed by atoms with E-state index in [1.807, 2.05) is 13.8 Å². The number of alkyl halides is 1. The van der Waals surface area contributed by atoms with E-state index in [1.54, 1.807) is 4.90 Å². The van der Waals surface area contributed by atoms with E-state index in [-0.39, 0.29) is 30.8 Å². The second-order valence-electron chi connectivity index (χ2n) is 5.80. The Labute approximate surface area is 119 Å². The third kappa shape index (κ3) is 3.88. The maximum atomic E-state index is 14.1. The number of hydrogen-bond donors (Lipinski definition) is 3. The van der Waals surface area contributed by atoms with Crippen molar-refractivity contribution in [1.29, 1.82) is 0 Å². The van der Waals surface area contributed by atoms with Gasteiger partial charge >= 0.3 is 0 Å². The van der Waals surface area contributed by atoms with E-state index in [1.165, 1.54) is 0 Å². The van der Waals surface area contributed by atoms with Crippen molar-refractivity contribution in [2.45, 2.75) is 50.9 Å². The molecular formula is C13H25FN4O2. The Morgan fingerprint density at radius 1 is 1.45 bits per heavy atom. The van der Waals surface area contributed by atoms with Crippen molar-refractivity contribution in [3.63, 3.8) is 0 Å². The second-order valence-corrected chi connectivity index (χ2v) is 5.80. The molecule has 4 N–H and O–H groups in total. The highest BCUT2D eigenvalue weighted by Gasteiger charge is 2.36. The summed E-state index contributed by atoms with van der Waals surface area (Å²) in [7, 11) is 0. The fourth-order valence-electron chi connectivity index (χ4n) is 2.72. The van der Waals surface area contributed by atoms with Crippen molar-refractivity contribution in [2.75, 3.05) is 26.2 Å². The average Bonchev–Trinajstić information content (AvgIpc) is 2.40. The zero-order chi connectivity index (χ0) is 14.7. The van der Waals surface area contributed by atoms with Gasteiger partial charge in [-0.05, 0) is 20.3 Å². The molecule has 7 heteroatoms. The Kier molecular flexibility index (Phi) is 5.31. The van der Waals surface area contributed by atoms with Crippen LogP contribution >= 0.6 is 0 Å². The number of amides is 1. The molecule has 0 aromatic heterocycles. The molecule has 2 rings (SSSR count). The smallest absolute Gasteiger partial charge is 0.241 e. The topological polar surface area (TPSA) is 79.6 Å². The van der Waals surface area contributed by atoms with Gasteiger partial charge in [0.2, 0.25) is 5.91 Å². The minimum Gasteiger partial charge on any atom is -0.372 e. The molecule has 0 aromatic carbocycles. The number of ether oxygens (including phenoxy) is 1. The molecule has 4 atom stereocenters. The summed E-state index contributed by atoms with van der Waals surface area (Å²) in [6, 6.07) is -0.367. The Balaban J connectivity index is 1.86. The van der Waals surface area contributed by atoms with Gasteiger partial charge in [0, 0.05) is 19.6 Å². The molecular weight excluding hydrogens is 263 g/mol. The monoisotopic (exact) mass is 288 g/mol. The number of nitrogens with two attached hydrogens (primary N) is 1. The molecule has 1 amide bonds. The molecule has 0 bridgehead atoms. The van der Waals surface area contributed by atoms with Crippen molar-refractivity contribution in [2.24, 2.45) is 5.73 Å². The van der Waals surface area contributed by atoms with Crippen LogP contribution < -0.4 is 16.4 Å². The average molecular weight is 288 g/mol. The van der Waals surface area contributed by atoms with Crippen molar-refractivity contribution in [1.82, 2.24) is 15.5 Å². The maximum Gasteiger partial charge on any atom is 0.241 e. The van der Waals surface area contributed by atoms with Gasteiger partial charge < -0.3 is 20.7 Å². The van der Waals surface area contributed by atoms with E-state index in [0.717, 1.165) is 0 Å². The molecule has 2 aliphatic heterocycles. The predicted molar refractivity (Wildman–Crippen MR) is 73.9 cm³/mol.